The second-order valence-electron chi connectivity index (χ2n) is 1.00. The van der Waals surface area contributed by atoms with Gasteiger partial charge in [-0.3, -0.25) is 0 Å². The Bertz CT molecular complexity index is 99.7. The third-order valence-corrected chi connectivity index (χ3v) is 0.316. The smallest absolute Gasteiger partial charge is 0.231 e. The average molecular weight is 162 g/mol. The highest BCUT2D eigenvalue weighted by molar-refractivity contribution is 5.26. The van der Waals surface area contributed by atoms with Crippen molar-refractivity contribution < 1.29 is 19.8 Å². The van der Waals surface area contributed by atoms with Gasteiger partial charge in [-0.15, -0.1) is 0 Å². The molecule has 0 aliphatic rings. The third-order valence-electron chi connectivity index (χ3n) is 0.316. The summed E-state index contributed by atoms with van der Waals surface area (Å²) in [5.74, 6) is 0. The van der Waals surface area contributed by atoms with Crippen molar-refractivity contribution in [2.45, 2.75) is 6.42 Å². The molecule has 11 heavy (non-hydrogen) atoms. The first-order valence-corrected chi connectivity index (χ1v) is 2.54. The van der Waals surface area contributed by atoms with Gasteiger partial charge < -0.3 is 10.2 Å². The van der Waals surface area contributed by atoms with Crippen molar-refractivity contribution in [3.05, 3.63) is 0 Å². The van der Waals surface area contributed by atoms with Crippen LogP contribution in [0.3, 0.4) is 0 Å². The van der Waals surface area contributed by atoms with Crippen LogP contribution in [0.4, 0.5) is 0 Å². The van der Waals surface area contributed by atoms with Crippen molar-refractivity contribution in [1.82, 2.24) is 0 Å². The summed E-state index contributed by atoms with van der Waals surface area (Å²) in [5.41, 5.74) is 0. The lowest BCUT2D eigenvalue weighted by Crippen LogP contribution is -1.85. The first kappa shape index (κ1) is 16.3. The monoisotopic (exact) mass is 162 g/mol. The minimum absolute atomic E-state index is 0.0938. The Morgan fingerprint density at radius 3 is 1.18 bits per heavy atom. The summed E-state index contributed by atoms with van der Waals surface area (Å²) in [5, 5.41) is 26.6. The number of aliphatic hydroxyl groups is 2. The highest BCUT2D eigenvalue weighted by atomic mass is 16.3. The Kier molecular flexibility index (Phi) is 56.2. The van der Waals surface area contributed by atoms with E-state index in [1.165, 1.54) is 0 Å². The van der Waals surface area contributed by atoms with E-state index in [2.05, 4.69) is 0 Å². The quantitative estimate of drug-likeness (QED) is 0.312. The van der Waals surface area contributed by atoms with Crippen molar-refractivity contribution in [1.29, 1.82) is 10.8 Å². The Hall–Kier alpha value is -1.32. The fourth-order valence-corrected chi connectivity index (χ4v) is 0.0707. The molecule has 0 bridgehead atoms. The fourth-order valence-electron chi connectivity index (χ4n) is 0.0707. The second-order valence-corrected chi connectivity index (χ2v) is 1.00. The van der Waals surface area contributed by atoms with E-state index in [1.807, 2.05) is 0 Å². The lowest BCUT2D eigenvalue weighted by atomic mass is 10.5. The van der Waals surface area contributed by atoms with Gasteiger partial charge in [-0.05, 0) is 6.42 Å². The molecule has 0 saturated carbocycles. The molecule has 6 heteroatoms. The zero-order chi connectivity index (χ0) is 9.54. The van der Waals surface area contributed by atoms with Crippen LogP contribution in [0.15, 0.2) is 0 Å². The van der Waals surface area contributed by atoms with Gasteiger partial charge in [-0.2, -0.15) is 0 Å². The summed E-state index contributed by atoms with van der Waals surface area (Å²) >= 11 is 0. The number of rotatable bonds is 2. The second kappa shape index (κ2) is 37.8. The molecule has 0 aromatic carbocycles. The molecule has 0 spiro atoms. The minimum atomic E-state index is 0.0938. The summed E-state index contributed by atoms with van der Waals surface area (Å²) in [4.78, 5) is 16.7. The van der Waals surface area contributed by atoms with Gasteiger partial charge in [0.05, 0.1) is 0 Å². The van der Waals surface area contributed by atoms with Crippen LogP contribution in [0.1, 0.15) is 6.42 Å². The number of aliphatic hydroxyl groups excluding tert-OH is 2. The third kappa shape index (κ3) is 838. The summed E-state index contributed by atoms with van der Waals surface area (Å²) in [6.45, 7) is 0.188. The van der Waals surface area contributed by atoms with Crippen molar-refractivity contribution >= 4 is 12.2 Å². The van der Waals surface area contributed by atoms with E-state index >= 15 is 0 Å². The molecule has 0 aromatic heterocycles. The van der Waals surface area contributed by atoms with Crippen molar-refractivity contribution in [3.8, 4) is 0 Å². The van der Waals surface area contributed by atoms with E-state index in [0.717, 1.165) is 12.2 Å². The number of carbonyl (C=O) groups excluding carboxylic acids is 2. The molecule has 4 N–H and O–H groups in total. The van der Waals surface area contributed by atoms with Crippen LogP contribution >= 0.6 is 0 Å². The van der Waals surface area contributed by atoms with Crippen molar-refractivity contribution in [2.24, 2.45) is 0 Å². The lowest BCUT2D eigenvalue weighted by Gasteiger charge is -1.79. The summed E-state index contributed by atoms with van der Waals surface area (Å²) in [7, 11) is 0. The first-order valence-electron chi connectivity index (χ1n) is 2.54. The maximum Gasteiger partial charge on any atom is 0.231 e. The van der Waals surface area contributed by atoms with Crippen LogP contribution in [-0.4, -0.2) is 35.6 Å². The van der Waals surface area contributed by atoms with Gasteiger partial charge in [0.1, 0.15) is 0 Å². The maximum atomic E-state index is 8.35. The summed E-state index contributed by atoms with van der Waals surface area (Å²) < 4.78 is 0. The molecule has 0 fully saturated rings. The highest BCUT2D eigenvalue weighted by Crippen LogP contribution is 1.65. The molecule has 0 radical (unpaired) electrons. The van der Waals surface area contributed by atoms with Gasteiger partial charge >= 0.3 is 0 Å². The maximum absolute atomic E-state index is 8.35. The molecular formula is C5H10N2O4. The van der Waals surface area contributed by atoms with Crippen LogP contribution in [0, 0.1) is 10.8 Å². The van der Waals surface area contributed by atoms with E-state index in [0.29, 0.717) is 6.42 Å². The Balaban J connectivity index is -0.0000000933. The summed E-state index contributed by atoms with van der Waals surface area (Å²) in [6.07, 6.45) is 2.00. The van der Waals surface area contributed by atoms with Gasteiger partial charge in [-0.1, -0.05) is 0 Å². The molecule has 0 saturated heterocycles. The molecule has 0 rings (SSSR count). The molecule has 0 amide bonds. The number of hydrogen-bond acceptors (Lipinski definition) is 6. The largest absolute Gasteiger partial charge is 0.396 e. The molecule has 0 aromatic rings. The topological polar surface area (TPSA) is 122 Å². The Morgan fingerprint density at radius 2 is 1.18 bits per heavy atom. The zero-order valence-corrected chi connectivity index (χ0v) is 5.83. The molecule has 0 aliphatic heterocycles. The van der Waals surface area contributed by atoms with Gasteiger partial charge in [0, 0.05) is 13.2 Å². The molecule has 0 heterocycles. The van der Waals surface area contributed by atoms with E-state index < -0.39 is 0 Å². The number of hydrogen-bond donors (Lipinski definition) is 4. The number of isocyanates is 2. The summed E-state index contributed by atoms with van der Waals surface area (Å²) in [6, 6.07) is 0. The molecule has 6 nitrogen and oxygen atoms in total. The molecule has 0 aliphatic carbocycles. The van der Waals surface area contributed by atoms with Gasteiger partial charge in [-0.25, -0.2) is 20.4 Å². The van der Waals surface area contributed by atoms with Gasteiger partial charge in [0.2, 0.25) is 12.2 Å². The fraction of sp³-hybridized carbons (Fsp3) is 0.600. The molecule has 0 unspecified atom stereocenters. The van der Waals surface area contributed by atoms with E-state index in [9.17, 15) is 0 Å². The lowest BCUT2D eigenvalue weighted by molar-refractivity contribution is 0.221. The molecular weight excluding hydrogens is 152 g/mol. The normalized spacial score (nSPS) is 5.27. The average Bonchev–Trinajstić information content (AvgIpc) is 1.92. The van der Waals surface area contributed by atoms with Crippen LogP contribution in [0.5, 0.6) is 0 Å². The van der Waals surface area contributed by atoms with Crippen LogP contribution in [0.2, 0.25) is 0 Å². The highest BCUT2D eigenvalue weighted by Gasteiger charge is 1.70. The van der Waals surface area contributed by atoms with Crippen LogP contribution in [-0.2, 0) is 9.59 Å². The van der Waals surface area contributed by atoms with Crippen molar-refractivity contribution in [2.75, 3.05) is 13.2 Å². The Morgan fingerprint density at radius 1 is 1.00 bits per heavy atom. The standard InChI is InChI=1S/C3H8O2.2CHNO/c4-2-1-3-5;2*2-1-3/h4-5H,1-3H2;2*2H. The SMILES string of the molecule is N=C=O.N=C=O.OCCCO. The van der Waals surface area contributed by atoms with E-state index in [1.54, 1.807) is 0 Å². The molecule has 0 atom stereocenters. The predicted octanol–water partition coefficient (Wildman–Crippen LogP) is -0.837. The van der Waals surface area contributed by atoms with Crippen LogP contribution < -0.4 is 0 Å². The minimum Gasteiger partial charge on any atom is -0.396 e. The van der Waals surface area contributed by atoms with Gasteiger partial charge in [0.25, 0.3) is 0 Å². The first-order chi connectivity index (χ1) is 5.24. The van der Waals surface area contributed by atoms with Crippen molar-refractivity contribution in [3.63, 3.8) is 0 Å². The van der Waals surface area contributed by atoms with E-state index in [4.69, 9.17) is 30.6 Å². The van der Waals surface area contributed by atoms with Crippen LogP contribution in [0.25, 0.3) is 0 Å². The van der Waals surface area contributed by atoms with Gasteiger partial charge in [0.15, 0.2) is 0 Å². The Labute approximate surface area is 63.5 Å². The zero-order valence-electron chi connectivity index (χ0n) is 5.83. The number of nitrogens with one attached hydrogen (secondary N) is 2. The predicted molar refractivity (Wildman–Crippen MR) is 35.6 cm³/mol. The van der Waals surface area contributed by atoms with E-state index in [-0.39, 0.29) is 13.2 Å². The molecule has 64 valence electrons.